The number of carbonyl (C=O) groups is 1. The second kappa shape index (κ2) is 9.12. The maximum atomic E-state index is 12.1. The fraction of sp³-hybridized carbons (Fsp3) is 0.381. The standard InChI is InChI=1S/C21H24N4O/c1-2-12-22-13-6-11-20(26)24-18-9-5-8-16(14-18)21-19-10-4-3-7-17(19)15-23-25-21/h1,5,8-9,14-15,22H,3-4,6-7,10-13H2,(H,24,26). The fourth-order valence-corrected chi connectivity index (χ4v) is 3.29. The number of hydrogen-bond acceptors (Lipinski definition) is 4. The van der Waals surface area contributed by atoms with Crippen LogP contribution in [0.2, 0.25) is 0 Å². The van der Waals surface area contributed by atoms with Gasteiger partial charge in [0.2, 0.25) is 5.91 Å². The van der Waals surface area contributed by atoms with Crippen LogP contribution in [0.3, 0.4) is 0 Å². The first-order valence-corrected chi connectivity index (χ1v) is 9.16. The van der Waals surface area contributed by atoms with Gasteiger partial charge in [0.25, 0.3) is 0 Å². The van der Waals surface area contributed by atoms with Crippen LogP contribution in [0.1, 0.15) is 36.8 Å². The second-order valence-electron chi connectivity index (χ2n) is 6.52. The smallest absolute Gasteiger partial charge is 0.224 e. The molecule has 2 aromatic rings. The minimum absolute atomic E-state index is 0.00540. The SMILES string of the molecule is C#CCNCCCC(=O)Nc1cccc(-c2nncc3c2CCCC3)c1. The Labute approximate surface area is 154 Å². The Bertz CT molecular complexity index is 810. The lowest BCUT2D eigenvalue weighted by atomic mass is 9.90. The molecule has 1 aliphatic carbocycles. The topological polar surface area (TPSA) is 66.9 Å². The number of amides is 1. The zero-order valence-corrected chi connectivity index (χ0v) is 14.9. The normalized spacial score (nSPS) is 12.9. The van der Waals surface area contributed by atoms with Crippen LogP contribution >= 0.6 is 0 Å². The molecule has 0 bridgehead atoms. The van der Waals surface area contributed by atoms with Crippen LogP contribution < -0.4 is 10.6 Å². The van der Waals surface area contributed by atoms with E-state index in [-0.39, 0.29) is 5.91 Å². The number of terminal acetylenes is 1. The number of fused-ring (bicyclic) bond motifs is 1. The summed E-state index contributed by atoms with van der Waals surface area (Å²) in [5.41, 5.74) is 5.34. The number of aromatic nitrogens is 2. The molecule has 0 atom stereocenters. The molecule has 1 aromatic heterocycles. The number of hydrogen-bond donors (Lipinski definition) is 2. The van der Waals surface area contributed by atoms with Crippen molar-refractivity contribution in [1.29, 1.82) is 0 Å². The van der Waals surface area contributed by atoms with Gasteiger partial charge in [-0.3, -0.25) is 4.79 Å². The summed E-state index contributed by atoms with van der Waals surface area (Å²) in [6.45, 7) is 1.27. The van der Waals surface area contributed by atoms with Crippen molar-refractivity contribution in [3.8, 4) is 23.6 Å². The molecule has 134 valence electrons. The van der Waals surface area contributed by atoms with Gasteiger partial charge in [-0.25, -0.2) is 0 Å². The van der Waals surface area contributed by atoms with Gasteiger partial charge in [0.1, 0.15) is 0 Å². The van der Waals surface area contributed by atoms with E-state index in [1.165, 1.54) is 24.0 Å². The van der Waals surface area contributed by atoms with Crippen LogP contribution in [0.25, 0.3) is 11.3 Å². The van der Waals surface area contributed by atoms with Gasteiger partial charge in [0.15, 0.2) is 0 Å². The lowest BCUT2D eigenvalue weighted by molar-refractivity contribution is -0.116. The highest BCUT2D eigenvalue weighted by atomic mass is 16.1. The summed E-state index contributed by atoms with van der Waals surface area (Å²) in [5.74, 6) is 2.52. The van der Waals surface area contributed by atoms with Crippen molar-refractivity contribution in [2.45, 2.75) is 38.5 Å². The van der Waals surface area contributed by atoms with Crippen molar-refractivity contribution in [2.24, 2.45) is 0 Å². The molecular formula is C21H24N4O. The summed E-state index contributed by atoms with van der Waals surface area (Å²) >= 11 is 0. The van der Waals surface area contributed by atoms with E-state index < -0.39 is 0 Å². The number of aryl methyl sites for hydroxylation is 1. The Hall–Kier alpha value is -2.71. The summed E-state index contributed by atoms with van der Waals surface area (Å²) in [4.78, 5) is 12.1. The molecule has 26 heavy (non-hydrogen) atoms. The largest absolute Gasteiger partial charge is 0.326 e. The van der Waals surface area contributed by atoms with Gasteiger partial charge >= 0.3 is 0 Å². The van der Waals surface area contributed by atoms with Crippen LogP contribution in [0, 0.1) is 12.3 Å². The molecule has 3 rings (SSSR count). The van der Waals surface area contributed by atoms with Crippen molar-refractivity contribution in [1.82, 2.24) is 15.5 Å². The van der Waals surface area contributed by atoms with E-state index in [1.807, 2.05) is 30.5 Å². The number of nitrogens with one attached hydrogen (secondary N) is 2. The molecule has 1 aliphatic rings. The van der Waals surface area contributed by atoms with E-state index in [2.05, 4.69) is 26.8 Å². The third-order valence-corrected chi connectivity index (χ3v) is 4.57. The number of anilines is 1. The molecule has 0 unspecified atom stereocenters. The summed E-state index contributed by atoms with van der Waals surface area (Å²) in [5, 5.41) is 14.6. The van der Waals surface area contributed by atoms with Gasteiger partial charge in [-0.05, 0) is 61.9 Å². The molecule has 0 saturated carbocycles. The van der Waals surface area contributed by atoms with E-state index in [4.69, 9.17) is 6.42 Å². The average molecular weight is 348 g/mol. The number of rotatable bonds is 7. The van der Waals surface area contributed by atoms with E-state index in [1.54, 1.807) is 0 Å². The lowest BCUT2D eigenvalue weighted by Crippen LogP contribution is -2.18. The van der Waals surface area contributed by atoms with Gasteiger partial charge < -0.3 is 10.6 Å². The van der Waals surface area contributed by atoms with E-state index >= 15 is 0 Å². The highest BCUT2D eigenvalue weighted by Crippen LogP contribution is 2.30. The molecule has 5 nitrogen and oxygen atoms in total. The van der Waals surface area contributed by atoms with Crippen LogP contribution in [0.5, 0.6) is 0 Å². The fourth-order valence-electron chi connectivity index (χ4n) is 3.29. The van der Waals surface area contributed by atoms with Crippen LogP contribution in [0.15, 0.2) is 30.5 Å². The van der Waals surface area contributed by atoms with Gasteiger partial charge in [-0.2, -0.15) is 10.2 Å². The molecule has 2 N–H and O–H groups in total. The van der Waals surface area contributed by atoms with E-state index in [0.717, 1.165) is 42.8 Å². The van der Waals surface area contributed by atoms with Crippen LogP contribution in [-0.2, 0) is 17.6 Å². The maximum Gasteiger partial charge on any atom is 0.224 e. The summed E-state index contributed by atoms with van der Waals surface area (Å²) in [6.07, 6.45) is 12.8. The van der Waals surface area contributed by atoms with Crippen molar-refractivity contribution in [3.63, 3.8) is 0 Å². The monoisotopic (exact) mass is 348 g/mol. The lowest BCUT2D eigenvalue weighted by Gasteiger charge is -2.18. The van der Waals surface area contributed by atoms with E-state index in [9.17, 15) is 4.79 Å². The average Bonchev–Trinajstić information content (AvgIpc) is 2.67. The minimum atomic E-state index is 0.00540. The van der Waals surface area contributed by atoms with Crippen molar-refractivity contribution in [3.05, 3.63) is 41.6 Å². The highest BCUT2D eigenvalue weighted by molar-refractivity contribution is 5.91. The Morgan fingerprint density at radius 2 is 2.15 bits per heavy atom. The van der Waals surface area contributed by atoms with Crippen molar-refractivity contribution >= 4 is 11.6 Å². The molecule has 0 radical (unpaired) electrons. The Kier molecular flexibility index (Phi) is 6.34. The predicted molar refractivity (Wildman–Crippen MR) is 104 cm³/mol. The van der Waals surface area contributed by atoms with Crippen molar-refractivity contribution < 1.29 is 4.79 Å². The molecular weight excluding hydrogens is 324 g/mol. The van der Waals surface area contributed by atoms with E-state index in [0.29, 0.717) is 13.0 Å². The first-order chi connectivity index (χ1) is 12.8. The Balaban J connectivity index is 1.66. The number of benzene rings is 1. The minimum Gasteiger partial charge on any atom is -0.326 e. The van der Waals surface area contributed by atoms with Gasteiger partial charge in [0.05, 0.1) is 18.4 Å². The summed E-state index contributed by atoms with van der Waals surface area (Å²) in [7, 11) is 0. The summed E-state index contributed by atoms with van der Waals surface area (Å²) < 4.78 is 0. The molecule has 0 saturated heterocycles. The first-order valence-electron chi connectivity index (χ1n) is 9.16. The first kappa shape index (κ1) is 18.1. The molecule has 1 heterocycles. The second-order valence-corrected chi connectivity index (χ2v) is 6.52. The quantitative estimate of drug-likeness (QED) is 0.596. The van der Waals surface area contributed by atoms with Gasteiger partial charge in [0, 0.05) is 17.7 Å². The highest BCUT2D eigenvalue weighted by Gasteiger charge is 2.16. The third kappa shape index (κ3) is 4.68. The third-order valence-electron chi connectivity index (χ3n) is 4.57. The molecule has 1 aromatic carbocycles. The summed E-state index contributed by atoms with van der Waals surface area (Å²) in [6, 6.07) is 7.86. The molecule has 5 heteroatoms. The molecule has 1 amide bonds. The van der Waals surface area contributed by atoms with Crippen LogP contribution in [-0.4, -0.2) is 29.2 Å². The van der Waals surface area contributed by atoms with Crippen molar-refractivity contribution in [2.75, 3.05) is 18.4 Å². The number of nitrogens with zero attached hydrogens (tertiary/aromatic N) is 2. The Morgan fingerprint density at radius 3 is 3.04 bits per heavy atom. The molecule has 0 spiro atoms. The van der Waals surface area contributed by atoms with Crippen LogP contribution in [0.4, 0.5) is 5.69 Å². The number of carbonyl (C=O) groups excluding carboxylic acids is 1. The van der Waals surface area contributed by atoms with Gasteiger partial charge in [-0.15, -0.1) is 6.42 Å². The predicted octanol–water partition coefficient (Wildman–Crippen LogP) is 2.96. The zero-order chi connectivity index (χ0) is 18.2. The maximum absolute atomic E-state index is 12.1. The Morgan fingerprint density at radius 1 is 1.27 bits per heavy atom. The van der Waals surface area contributed by atoms with Gasteiger partial charge in [-0.1, -0.05) is 18.1 Å². The zero-order valence-electron chi connectivity index (χ0n) is 14.9. The molecule has 0 fully saturated rings. The molecule has 0 aliphatic heterocycles.